The quantitative estimate of drug-likeness (QED) is 0.807. The number of pyridine rings is 1. The topological polar surface area (TPSA) is 85.5 Å². The zero-order valence-corrected chi connectivity index (χ0v) is 14.4. The van der Waals surface area contributed by atoms with Crippen molar-refractivity contribution in [3.05, 3.63) is 71.6 Å². The van der Waals surface area contributed by atoms with E-state index in [0.29, 0.717) is 25.3 Å². The largest absolute Gasteiger partial charge is 0.372 e. The van der Waals surface area contributed by atoms with Gasteiger partial charge in [-0.05, 0) is 47.9 Å². The molecule has 1 atom stereocenters. The maximum absolute atomic E-state index is 12.3. The molecule has 0 saturated carbocycles. The molecule has 2 amide bonds. The van der Waals surface area contributed by atoms with Crippen LogP contribution in [0, 0.1) is 0 Å². The van der Waals surface area contributed by atoms with E-state index >= 15 is 0 Å². The first-order chi connectivity index (χ1) is 12.6. The number of benzene rings is 1. The number of likely N-dealkylation sites (tertiary alicyclic amines) is 1. The first-order valence-corrected chi connectivity index (χ1v) is 8.49. The van der Waals surface area contributed by atoms with Gasteiger partial charge < -0.3 is 15.4 Å². The van der Waals surface area contributed by atoms with Gasteiger partial charge in [-0.2, -0.15) is 0 Å². The van der Waals surface area contributed by atoms with Crippen LogP contribution in [0.2, 0.25) is 0 Å². The molecule has 1 aromatic carbocycles. The summed E-state index contributed by atoms with van der Waals surface area (Å²) in [4.78, 5) is 29.1. The Balaban J connectivity index is 1.48. The molecular weight excluding hydrogens is 330 g/mol. The van der Waals surface area contributed by atoms with Crippen molar-refractivity contribution in [3.8, 4) is 0 Å². The van der Waals surface area contributed by atoms with Gasteiger partial charge in [-0.25, -0.2) is 0 Å². The second-order valence-electron chi connectivity index (χ2n) is 6.18. The molecule has 1 unspecified atom stereocenters. The van der Waals surface area contributed by atoms with Gasteiger partial charge in [-0.3, -0.25) is 14.6 Å². The van der Waals surface area contributed by atoms with Crippen LogP contribution in [0.3, 0.4) is 0 Å². The minimum atomic E-state index is -0.466. The van der Waals surface area contributed by atoms with Crippen LogP contribution in [-0.4, -0.2) is 40.9 Å². The standard InChI is InChI=1S/C20H21N3O3/c21-20(25)17-4-1-15(2-5-17)3-6-19(24)23-12-9-18(13-23)26-14-16-7-10-22-11-8-16/h1-8,10-11,18H,9,12-14H2,(H2,21,25)/b6-3+. The average molecular weight is 351 g/mol. The fourth-order valence-corrected chi connectivity index (χ4v) is 2.79. The lowest BCUT2D eigenvalue weighted by molar-refractivity contribution is -0.125. The Labute approximate surface area is 152 Å². The lowest BCUT2D eigenvalue weighted by Crippen LogP contribution is -2.28. The van der Waals surface area contributed by atoms with E-state index in [4.69, 9.17) is 10.5 Å². The molecule has 2 aromatic rings. The highest BCUT2D eigenvalue weighted by molar-refractivity contribution is 5.94. The van der Waals surface area contributed by atoms with Gasteiger partial charge in [0, 0.05) is 37.1 Å². The number of nitrogens with zero attached hydrogens (tertiary/aromatic N) is 2. The SMILES string of the molecule is NC(=O)c1ccc(/C=C/C(=O)N2CCC(OCc3ccncc3)C2)cc1. The van der Waals surface area contributed by atoms with E-state index in [9.17, 15) is 9.59 Å². The second-order valence-corrected chi connectivity index (χ2v) is 6.18. The Kier molecular flexibility index (Phi) is 5.76. The number of ether oxygens (including phenoxy) is 1. The van der Waals surface area contributed by atoms with Crippen LogP contribution in [0.4, 0.5) is 0 Å². The number of aromatic nitrogens is 1. The molecule has 1 aromatic heterocycles. The summed E-state index contributed by atoms with van der Waals surface area (Å²) in [5.41, 5.74) is 7.57. The number of amides is 2. The van der Waals surface area contributed by atoms with E-state index < -0.39 is 5.91 Å². The minimum absolute atomic E-state index is 0.0426. The van der Waals surface area contributed by atoms with Gasteiger partial charge in [0.1, 0.15) is 0 Å². The third-order valence-corrected chi connectivity index (χ3v) is 4.31. The van der Waals surface area contributed by atoms with Crippen LogP contribution in [0.1, 0.15) is 27.9 Å². The van der Waals surface area contributed by atoms with Crippen LogP contribution in [-0.2, 0) is 16.1 Å². The molecule has 6 heteroatoms. The minimum Gasteiger partial charge on any atom is -0.372 e. The highest BCUT2D eigenvalue weighted by atomic mass is 16.5. The van der Waals surface area contributed by atoms with Crippen molar-refractivity contribution in [2.45, 2.75) is 19.1 Å². The van der Waals surface area contributed by atoms with Crippen molar-refractivity contribution in [1.82, 2.24) is 9.88 Å². The fraction of sp³-hybridized carbons (Fsp3) is 0.250. The van der Waals surface area contributed by atoms with Gasteiger partial charge in [-0.1, -0.05) is 12.1 Å². The number of nitrogens with two attached hydrogens (primary N) is 1. The van der Waals surface area contributed by atoms with Crippen LogP contribution >= 0.6 is 0 Å². The Morgan fingerprint density at radius 3 is 2.62 bits per heavy atom. The Bertz CT molecular complexity index is 788. The van der Waals surface area contributed by atoms with Gasteiger partial charge in [0.15, 0.2) is 0 Å². The molecule has 3 rings (SSSR count). The Morgan fingerprint density at radius 1 is 1.19 bits per heavy atom. The lowest BCUT2D eigenvalue weighted by Gasteiger charge is -2.15. The summed E-state index contributed by atoms with van der Waals surface area (Å²) in [6.45, 7) is 1.80. The normalized spacial score (nSPS) is 16.9. The molecule has 0 aliphatic carbocycles. The van der Waals surface area contributed by atoms with Crippen molar-refractivity contribution in [2.75, 3.05) is 13.1 Å². The van der Waals surface area contributed by atoms with Gasteiger partial charge in [0.25, 0.3) is 0 Å². The van der Waals surface area contributed by atoms with Gasteiger partial charge in [-0.15, -0.1) is 0 Å². The predicted octanol–water partition coefficient (Wildman–Crippen LogP) is 2.01. The summed E-state index contributed by atoms with van der Waals surface area (Å²) in [6, 6.07) is 10.6. The molecule has 1 aliphatic rings. The Hall–Kier alpha value is -2.99. The maximum atomic E-state index is 12.3. The van der Waals surface area contributed by atoms with Crippen molar-refractivity contribution >= 4 is 17.9 Å². The van der Waals surface area contributed by atoms with Crippen LogP contribution < -0.4 is 5.73 Å². The van der Waals surface area contributed by atoms with Gasteiger partial charge in [0.05, 0.1) is 12.7 Å². The second kappa shape index (κ2) is 8.40. The molecule has 0 bridgehead atoms. The number of rotatable bonds is 6. The van der Waals surface area contributed by atoms with E-state index in [1.807, 2.05) is 12.1 Å². The average Bonchev–Trinajstić information content (AvgIpc) is 3.15. The molecule has 2 N–H and O–H groups in total. The number of primary amides is 1. The van der Waals surface area contributed by atoms with E-state index in [2.05, 4.69) is 4.98 Å². The third kappa shape index (κ3) is 4.77. The monoisotopic (exact) mass is 351 g/mol. The summed E-state index contributed by atoms with van der Waals surface area (Å²) in [7, 11) is 0. The molecule has 2 heterocycles. The smallest absolute Gasteiger partial charge is 0.248 e. The summed E-state index contributed by atoms with van der Waals surface area (Å²) < 4.78 is 5.88. The highest BCUT2D eigenvalue weighted by Crippen LogP contribution is 2.15. The van der Waals surface area contributed by atoms with Crippen LogP contribution in [0.15, 0.2) is 54.9 Å². The van der Waals surface area contributed by atoms with E-state index in [0.717, 1.165) is 17.5 Å². The first kappa shape index (κ1) is 17.8. The summed E-state index contributed by atoms with van der Waals surface area (Å²) in [5, 5.41) is 0. The zero-order chi connectivity index (χ0) is 18.4. The van der Waals surface area contributed by atoms with Crippen molar-refractivity contribution in [1.29, 1.82) is 0 Å². The highest BCUT2D eigenvalue weighted by Gasteiger charge is 2.25. The summed E-state index contributed by atoms with van der Waals surface area (Å²) >= 11 is 0. The molecule has 26 heavy (non-hydrogen) atoms. The van der Waals surface area contributed by atoms with Gasteiger partial charge in [0.2, 0.25) is 11.8 Å². The molecule has 0 radical (unpaired) electrons. The molecule has 1 saturated heterocycles. The summed E-state index contributed by atoms with van der Waals surface area (Å²) in [6.07, 6.45) is 7.64. The molecule has 1 aliphatic heterocycles. The molecular formula is C20H21N3O3. The molecule has 6 nitrogen and oxygen atoms in total. The number of carbonyl (C=O) groups excluding carboxylic acids is 2. The fourth-order valence-electron chi connectivity index (χ4n) is 2.79. The molecule has 0 spiro atoms. The number of hydrogen-bond donors (Lipinski definition) is 1. The predicted molar refractivity (Wildman–Crippen MR) is 98.0 cm³/mol. The van der Waals surface area contributed by atoms with E-state index in [-0.39, 0.29) is 12.0 Å². The van der Waals surface area contributed by atoms with Crippen molar-refractivity contribution in [2.24, 2.45) is 5.73 Å². The van der Waals surface area contributed by atoms with Crippen molar-refractivity contribution in [3.63, 3.8) is 0 Å². The van der Waals surface area contributed by atoms with Gasteiger partial charge >= 0.3 is 0 Å². The van der Waals surface area contributed by atoms with Crippen LogP contribution in [0.25, 0.3) is 6.08 Å². The zero-order valence-electron chi connectivity index (χ0n) is 14.4. The summed E-state index contributed by atoms with van der Waals surface area (Å²) in [5.74, 6) is -0.509. The maximum Gasteiger partial charge on any atom is 0.248 e. The lowest BCUT2D eigenvalue weighted by atomic mass is 10.1. The van der Waals surface area contributed by atoms with E-state index in [1.54, 1.807) is 53.7 Å². The number of hydrogen-bond acceptors (Lipinski definition) is 4. The molecule has 134 valence electrons. The van der Waals surface area contributed by atoms with E-state index in [1.165, 1.54) is 0 Å². The third-order valence-electron chi connectivity index (χ3n) is 4.31. The molecule has 1 fully saturated rings. The Morgan fingerprint density at radius 2 is 1.92 bits per heavy atom. The van der Waals surface area contributed by atoms with Crippen molar-refractivity contribution < 1.29 is 14.3 Å². The number of carbonyl (C=O) groups is 2. The van der Waals surface area contributed by atoms with Crippen LogP contribution in [0.5, 0.6) is 0 Å². The first-order valence-electron chi connectivity index (χ1n) is 8.49.